The lowest BCUT2D eigenvalue weighted by molar-refractivity contribution is 0.280. The summed E-state index contributed by atoms with van der Waals surface area (Å²) in [6.07, 6.45) is 2.57. The molecular formula is C16H27NO3S. The first-order valence-corrected chi connectivity index (χ1v) is 9.03. The molecule has 0 radical (unpaired) electrons. The Hall–Kier alpha value is -0.910. The van der Waals surface area contributed by atoms with Gasteiger partial charge in [-0.25, -0.2) is 13.1 Å². The predicted molar refractivity (Wildman–Crippen MR) is 85.6 cm³/mol. The van der Waals surface area contributed by atoms with E-state index in [4.69, 9.17) is 0 Å². The van der Waals surface area contributed by atoms with Crippen LogP contribution in [0.25, 0.3) is 0 Å². The Labute approximate surface area is 128 Å². The lowest BCUT2D eigenvalue weighted by atomic mass is 10.1. The molecule has 0 fully saturated rings. The number of hydrogen-bond donors (Lipinski definition) is 2. The van der Waals surface area contributed by atoms with Gasteiger partial charge < -0.3 is 5.11 Å². The van der Waals surface area contributed by atoms with Crippen molar-refractivity contribution in [2.75, 3.05) is 0 Å². The number of rotatable bonds is 8. The van der Waals surface area contributed by atoms with Crippen LogP contribution in [0.15, 0.2) is 23.1 Å². The van der Waals surface area contributed by atoms with E-state index in [9.17, 15) is 13.5 Å². The summed E-state index contributed by atoms with van der Waals surface area (Å²) in [5.74, 6) is 0.557. The quantitative estimate of drug-likeness (QED) is 0.775. The van der Waals surface area contributed by atoms with Crippen molar-refractivity contribution in [3.63, 3.8) is 0 Å². The van der Waals surface area contributed by atoms with Gasteiger partial charge in [0.15, 0.2) is 0 Å². The third-order valence-electron chi connectivity index (χ3n) is 3.57. The first-order chi connectivity index (χ1) is 9.80. The topological polar surface area (TPSA) is 66.4 Å². The third-order valence-corrected chi connectivity index (χ3v) is 5.16. The van der Waals surface area contributed by atoms with E-state index < -0.39 is 10.0 Å². The molecule has 1 aromatic rings. The van der Waals surface area contributed by atoms with Gasteiger partial charge in [0.25, 0.3) is 0 Å². The minimum Gasteiger partial charge on any atom is -0.392 e. The minimum absolute atomic E-state index is 0.0965. The van der Waals surface area contributed by atoms with Crippen LogP contribution in [-0.4, -0.2) is 19.6 Å². The first kappa shape index (κ1) is 18.1. The lowest BCUT2D eigenvalue weighted by Crippen LogP contribution is -2.32. The van der Waals surface area contributed by atoms with E-state index in [0.29, 0.717) is 11.5 Å². The molecule has 1 aromatic carbocycles. The van der Waals surface area contributed by atoms with E-state index in [2.05, 4.69) is 18.6 Å². The Morgan fingerprint density at radius 3 is 2.33 bits per heavy atom. The van der Waals surface area contributed by atoms with Gasteiger partial charge in [-0.3, -0.25) is 0 Å². The predicted octanol–water partition coefficient (Wildman–Crippen LogP) is 2.84. The van der Waals surface area contributed by atoms with Crippen LogP contribution in [0.4, 0.5) is 0 Å². The average molecular weight is 313 g/mol. The zero-order chi connectivity index (χ0) is 16.0. The van der Waals surface area contributed by atoms with E-state index in [1.807, 2.05) is 13.8 Å². The third kappa shape index (κ3) is 5.41. The van der Waals surface area contributed by atoms with Gasteiger partial charge >= 0.3 is 0 Å². The number of hydrogen-bond acceptors (Lipinski definition) is 3. The zero-order valence-electron chi connectivity index (χ0n) is 13.4. The summed E-state index contributed by atoms with van der Waals surface area (Å²) in [4.78, 5) is 0.222. The van der Waals surface area contributed by atoms with Gasteiger partial charge in [0.2, 0.25) is 10.0 Å². The smallest absolute Gasteiger partial charge is 0.240 e. The molecule has 5 heteroatoms. The Morgan fingerprint density at radius 1 is 1.14 bits per heavy atom. The number of sulfonamides is 1. The molecule has 0 aromatic heterocycles. The molecule has 0 saturated carbocycles. The zero-order valence-corrected chi connectivity index (χ0v) is 14.2. The summed E-state index contributed by atoms with van der Waals surface area (Å²) in [6.45, 7) is 7.97. The van der Waals surface area contributed by atoms with Crippen LogP contribution in [0.5, 0.6) is 0 Å². The van der Waals surface area contributed by atoms with Gasteiger partial charge in [0, 0.05) is 6.04 Å². The number of aryl methyl sites for hydroxylation is 1. The normalized spacial score (nSPS) is 13.6. The monoisotopic (exact) mass is 313 g/mol. The molecule has 120 valence electrons. The maximum Gasteiger partial charge on any atom is 0.240 e. The van der Waals surface area contributed by atoms with Crippen molar-refractivity contribution in [3.05, 3.63) is 29.3 Å². The highest BCUT2D eigenvalue weighted by atomic mass is 32.2. The number of aliphatic hydroxyl groups excluding tert-OH is 1. The van der Waals surface area contributed by atoms with E-state index in [0.717, 1.165) is 24.8 Å². The van der Waals surface area contributed by atoms with Gasteiger partial charge in [0.1, 0.15) is 0 Å². The molecule has 21 heavy (non-hydrogen) atoms. The van der Waals surface area contributed by atoms with Crippen LogP contribution in [0, 0.1) is 5.92 Å². The fourth-order valence-electron chi connectivity index (χ4n) is 2.24. The average Bonchev–Trinajstić information content (AvgIpc) is 2.43. The second kappa shape index (κ2) is 7.92. The molecule has 0 aliphatic heterocycles. The number of aliphatic hydroxyl groups is 1. The van der Waals surface area contributed by atoms with Crippen LogP contribution in [0.1, 0.15) is 51.7 Å². The van der Waals surface area contributed by atoms with Crippen LogP contribution < -0.4 is 4.72 Å². The number of nitrogens with one attached hydrogen (secondary N) is 1. The fraction of sp³-hybridized carbons (Fsp3) is 0.625. The Morgan fingerprint density at radius 2 is 1.81 bits per heavy atom. The van der Waals surface area contributed by atoms with E-state index in [1.165, 1.54) is 0 Å². The second-order valence-electron chi connectivity index (χ2n) is 5.94. The van der Waals surface area contributed by atoms with E-state index in [-0.39, 0.29) is 17.5 Å². The van der Waals surface area contributed by atoms with Crippen LogP contribution >= 0.6 is 0 Å². The van der Waals surface area contributed by atoms with Crippen molar-refractivity contribution < 1.29 is 13.5 Å². The molecule has 0 saturated heterocycles. The van der Waals surface area contributed by atoms with Crippen molar-refractivity contribution in [1.82, 2.24) is 4.72 Å². The summed E-state index contributed by atoms with van der Waals surface area (Å²) >= 11 is 0. The standard InChI is InChI=1S/C16H27NO3S/c1-5-14-8-9-16(10-15(14)11-18)21(19,20)17-13(4)7-6-12(2)3/h8-10,12-13,17-18H,5-7,11H2,1-4H3. The highest BCUT2D eigenvalue weighted by Gasteiger charge is 2.18. The molecule has 0 aliphatic carbocycles. The molecule has 0 amide bonds. The maximum atomic E-state index is 12.4. The van der Waals surface area contributed by atoms with Crippen LogP contribution in [-0.2, 0) is 23.1 Å². The Bertz CT molecular complexity index is 553. The molecule has 1 atom stereocenters. The van der Waals surface area contributed by atoms with Crippen molar-refractivity contribution >= 4 is 10.0 Å². The lowest BCUT2D eigenvalue weighted by Gasteiger charge is -2.16. The van der Waals surface area contributed by atoms with Crippen molar-refractivity contribution in [1.29, 1.82) is 0 Å². The maximum absolute atomic E-state index is 12.4. The minimum atomic E-state index is -3.53. The highest BCUT2D eigenvalue weighted by molar-refractivity contribution is 7.89. The summed E-state index contributed by atoms with van der Waals surface area (Å²) in [5, 5.41) is 9.35. The summed E-state index contributed by atoms with van der Waals surface area (Å²) < 4.78 is 27.4. The van der Waals surface area contributed by atoms with Crippen molar-refractivity contribution in [3.8, 4) is 0 Å². The fourth-order valence-corrected chi connectivity index (χ4v) is 3.56. The highest BCUT2D eigenvalue weighted by Crippen LogP contribution is 2.18. The Balaban J connectivity index is 2.87. The van der Waals surface area contributed by atoms with E-state index >= 15 is 0 Å². The molecule has 0 heterocycles. The van der Waals surface area contributed by atoms with Gasteiger partial charge in [0.05, 0.1) is 11.5 Å². The molecular weight excluding hydrogens is 286 g/mol. The van der Waals surface area contributed by atoms with Crippen LogP contribution in [0.2, 0.25) is 0 Å². The van der Waals surface area contributed by atoms with Crippen LogP contribution in [0.3, 0.4) is 0 Å². The summed E-state index contributed by atoms with van der Waals surface area (Å²) in [6, 6.07) is 4.85. The first-order valence-electron chi connectivity index (χ1n) is 7.55. The van der Waals surface area contributed by atoms with Gasteiger partial charge in [-0.1, -0.05) is 26.8 Å². The molecule has 4 nitrogen and oxygen atoms in total. The van der Waals surface area contributed by atoms with E-state index in [1.54, 1.807) is 18.2 Å². The SMILES string of the molecule is CCc1ccc(S(=O)(=O)NC(C)CCC(C)C)cc1CO. The molecule has 2 N–H and O–H groups in total. The second-order valence-corrected chi connectivity index (χ2v) is 7.65. The van der Waals surface area contributed by atoms with Gasteiger partial charge in [-0.15, -0.1) is 0 Å². The number of benzene rings is 1. The summed E-state index contributed by atoms with van der Waals surface area (Å²) in [5.41, 5.74) is 1.65. The van der Waals surface area contributed by atoms with Gasteiger partial charge in [-0.2, -0.15) is 0 Å². The van der Waals surface area contributed by atoms with Crippen molar-refractivity contribution in [2.24, 2.45) is 5.92 Å². The molecule has 0 aliphatic rings. The van der Waals surface area contributed by atoms with Crippen molar-refractivity contribution in [2.45, 2.75) is 64.5 Å². The molecule has 1 rings (SSSR count). The largest absolute Gasteiger partial charge is 0.392 e. The Kier molecular flexibility index (Phi) is 6.84. The molecule has 0 bridgehead atoms. The molecule has 0 spiro atoms. The molecule has 1 unspecified atom stereocenters. The van der Waals surface area contributed by atoms with Gasteiger partial charge in [-0.05, 0) is 55.4 Å². The summed E-state index contributed by atoms with van der Waals surface area (Å²) in [7, 11) is -3.53.